The highest BCUT2D eigenvalue weighted by Gasteiger charge is 2.42. The molecule has 0 saturated carbocycles. The van der Waals surface area contributed by atoms with E-state index in [0.29, 0.717) is 28.2 Å². The predicted molar refractivity (Wildman–Crippen MR) is 144 cm³/mol. The smallest absolute Gasteiger partial charge is 0.291 e. The maximum Gasteiger partial charge on any atom is 0.291 e. The zero-order valence-corrected chi connectivity index (χ0v) is 21.8. The quantitative estimate of drug-likeness (QED) is 0.227. The summed E-state index contributed by atoms with van der Waals surface area (Å²) in [5.74, 6) is 0.507. The lowest BCUT2D eigenvalue weighted by Gasteiger charge is -2.25. The standard InChI is InChI=1S/C30H29ClN2O4/c1-3-4-5-6-14-36-22-11-9-21(10-12-22)27-26-28(34)23-16-24(31)19(2)15-25(23)37-29(26)30(35)33(27)18-20-8-7-13-32-17-20/h7-13,15-17,27H,3-6,14,18H2,1-2H3. The number of ether oxygens (including phenoxy) is 1. The molecule has 4 aromatic rings. The minimum absolute atomic E-state index is 0.0735. The molecule has 0 bridgehead atoms. The number of benzene rings is 2. The third-order valence-corrected chi connectivity index (χ3v) is 7.19. The molecule has 1 atom stereocenters. The highest BCUT2D eigenvalue weighted by atomic mass is 35.5. The van der Waals surface area contributed by atoms with Crippen LogP contribution >= 0.6 is 11.6 Å². The van der Waals surface area contributed by atoms with Crippen LogP contribution in [0.15, 0.2) is 70.1 Å². The van der Waals surface area contributed by atoms with E-state index in [1.165, 1.54) is 12.8 Å². The van der Waals surface area contributed by atoms with Gasteiger partial charge >= 0.3 is 0 Å². The number of aryl methyl sites for hydroxylation is 1. The van der Waals surface area contributed by atoms with Crippen molar-refractivity contribution in [2.45, 2.75) is 52.1 Å². The van der Waals surface area contributed by atoms with Gasteiger partial charge in [0.2, 0.25) is 5.76 Å². The highest BCUT2D eigenvalue weighted by molar-refractivity contribution is 6.32. The van der Waals surface area contributed by atoms with Crippen molar-refractivity contribution in [3.05, 3.63) is 104 Å². The molecule has 0 N–H and O–H groups in total. The molecule has 0 aliphatic carbocycles. The van der Waals surface area contributed by atoms with Gasteiger partial charge in [0.15, 0.2) is 5.43 Å². The number of aromatic nitrogens is 1. The van der Waals surface area contributed by atoms with E-state index in [-0.39, 0.29) is 23.6 Å². The Morgan fingerprint density at radius 3 is 2.62 bits per heavy atom. The fourth-order valence-electron chi connectivity index (χ4n) is 4.80. The maximum absolute atomic E-state index is 13.8. The van der Waals surface area contributed by atoms with E-state index in [9.17, 15) is 9.59 Å². The Bertz CT molecular complexity index is 1480. The Kier molecular flexibility index (Phi) is 7.28. The van der Waals surface area contributed by atoms with Gasteiger partial charge in [-0.15, -0.1) is 0 Å². The summed E-state index contributed by atoms with van der Waals surface area (Å²) < 4.78 is 12.0. The van der Waals surface area contributed by atoms with Gasteiger partial charge in [-0.3, -0.25) is 14.6 Å². The van der Waals surface area contributed by atoms with Gasteiger partial charge in [0, 0.05) is 24.0 Å². The van der Waals surface area contributed by atoms with Crippen molar-refractivity contribution in [2.24, 2.45) is 0 Å². The molecule has 1 amide bonds. The molecule has 0 radical (unpaired) electrons. The first-order valence-corrected chi connectivity index (χ1v) is 13.0. The second-order valence-electron chi connectivity index (χ2n) is 9.45. The molecule has 0 saturated heterocycles. The van der Waals surface area contributed by atoms with Crippen LogP contribution < -0.4 is 10.2 Å². The summed E-state index contributed by atoms with van der Waals surface area (Å²) in [6.45, 7) is 4.96. The Hall–Kier alpha value is -3.64. The van der Waals surface area contributed by atoms with Crippen LogP contribution in [0.1, 0.15) is 71.5 Å². The van der Waals surface area contributed by atoms with Crippen molar-refractivity contribution < 1.29 is 13.9 Å². The first-order valence-electron chi connectivity index (χ1n) is 12.7. The van der Waals surface area contributed by atoms with Gasteiger partial charge in [-0.2, -0.15) is 0 Å². The number of amides is 1. The zero-order chi connectivity index (χ0) is 25.9. The van der Waals surface area contributed by atoms with E-state index >= 15 is 0 Å². The monoisotopic (exact) mass is 516 g/mol. The van der Waals surface area contributed by atoms with Crippen LogP contribution in [0.3, 0.4) is 0 Å². The van der Waals surface area contributed by atoms with Gasteiger partial charge in [0.25, 0.3) is 5.91 Å². The molecule has 1 aliphatic heterocycles. The Morgan fingerprint density at radius 2 is 1.89 bits per heavy atom. The lowest BCUT2D eigenvalue weighted by molar-refractivity contribution is 0.0714. The number of rotatable bonds is 9. The largest absolute Gasteiger partial charge is 0.494 e. The van der Waals surface area contributed by atoms with Crippen molar-refractivity contribution in [1.82, 2.24) is 9.88 Å². The third kappa shape index (κ3) is 4.98. The minimum Gasteiger partial charge on any atom is -0.494 e. The molecule has 2 aromatic carbocycles. The van der Waals surface area contributed by atoms with E-state index < -0.39 is 6.04 Å². The number of unbranched alkanes of at least 4 members (excludes halogenated alkanes) is 3. The second-order valence-corrected chi connectivity index (χ2v) is 9.85. The first-order chi connectivity index (χ1) is 18.0. The molecule has 7 heteroatoms. The molecular formula is C30H29ClN2O4. The molecule has 6 nitrogen and oxygen atoms in total. The van der Waals surface area contributed by atoms with Crippen molar-refractivity contribution >= 4 is 28.5 Å². The minimum atomic E-state index is -0.609. The van der Waals surface area contributed by atoms with Crippen LogP contribution in [-0.2, 0) is 6.54 Å². The van der Waals surface area contributed by atoms with Crippen LogP contribution in [0.2, 0.25) is 5.02 Å². The summed E-state index contributed by atoms with van der Waals surface area (Å²) in [7, 11) is 0. The second kappa shape index (κ2) is 10.8. The Labute approximate surface area is 220 Å². The third-order valence-electron chi connectivity index (χ3n) is 6.79. The van der Waals surface area contributed by atoms with E-state index in [4.69, 9.17) is 20.8 Å². The number of carbonyl (C=O) groups excluding carboxylic acids is 1. The van der Waals surface area contributed by atoms with Gasteiger partial charge in [0.1, 0.15) is 11.3 Å². The van der Waals surface area contributed by atoms with Gasteiger partial charge in [-0.1, -0.05) is 56.0 Å². The lowest BCUT2D eigenvalue weighted by Crippen LogP contribution is -2.29. The Balaban J connectivity index is 1.54. The number of hydrogen-bond acceptors (Lipinski definition) is 5. The summed E-state index contributed by atoms with van der Waals surface area (Å²) in [6.07, 6.45) is 7.94. The average molecular weight is 517 g/mol. The topological polar surface area (TPSA) is 72.6 Å². The number of halogens is 1. The normalized spacial score (nSPS) is 14.8. The van der Waals surface area contributed by atoms with Crippen molar-refractivity contribution in [2.75, 3.05) is 6.61 Å². The number of nitrogens with zero attached hydrogens (tertiary/aromatic N) is 2. The first kappa shape index (κ1) is 25.0. The van der Waals surface area contributed by atoms with E-state index in [2.05, 4.69) is 11.9 Å². The van der Waals surface area contributed by atoms with Crippen LogP contribution in [0.25, 0.3) is 11.0 Å². The molecular weight excluding hydrogens is 488 g/mol. The van der Waals surface area contributed by atoms with E-state index in [1.807, 2.05) is 43.3 Å². The molecule has 3 heterocycles. The maximum atomic E-state index is 13.8. The summed E-state index contributed by atoms with van der Waals surface area (Å²) in [5, 5.41) is 0.843. The SMILES string of the molecule is CCCCCCOc1ccc(C2c3c(oc4cc(C)c(Cl)cc4c3=O)C(=O)N2Cc2cccnc2)cc1. The summed E-state index contributed by atoms with van der Waals surface area (Å²) in [4.78, 5) is 33.3. The van der Waals surface area contributed by atoms with Gasteiger partial charge in [-0.05, 0) is 60.4 Å². The summed E-state index contributed by atoms with van der Waals surface area (Å²) in [6, 6.07) is 14.1. The molecule has 1 unspecified atom stereocenters. The number of hydrogen-bond donors (Lipinski definition) is 0. The van der Waals surface area contributed by atoms with Crippen LogP contribution in [0.4, 0.5) is 0 Å². The van der Waals surface area contributed by atoms with Gasteiger partial charge in [-0.25, -0.2) is 0 Å². The highest BCUT2D eigenvalue weighted by Crippen LogP contribution is 2.40. The lowest BCUT2D eigenvalue weighted by atomic mass is 9.98. The Morgan fingerprint density at radius 1 is 1.08 bits per heavy atom. The van der Waals surface area contributed by atoms with Gasteiger partial charge in [0.05, 0.1) is 23.6 Å². The molecule has 1 aliphatic rings. The summed E-state index contributed by atoms with van der Waals surface area (Å²) in [5.41, 5.74) is 2.87. The van der Waals surface area contributed by atoms with Gasteiger partial charge < -0.3 is 14.1 Å². The average Bonchev–Trinajstić information content (AvgIpc) is 3.17. The van der Waals surface area contributed by atoms with E-state index in [0.717, 1.165) is 35.3 Å². The van der Waals surface area contributed by atoms with Crippen molar-refractivity contribution in [1.29, 1.82) is 0 Å². The molecule has 2 aromatic heterocycles. The van der Waals surface area contributed by atoms with Crippen LogP contribution in [0, 0.1) is 6.92 Å². The van der Waals surface area contributed by atoms with Crippen molar-refractivity contribution in [3.8, 4) is 5.75 Å². The number of carbonyl (C=O) groups is 1. The summed E-state index contributed by atoms with van der Waals surface area (Å²) >= 11 is 6.34. The van der Waals surface area contributed by atoms with Crippen molar-refractivity contribution in [3.63, 3.8) is 0 Å². The van der Waals surface area contributed by atoms with E-state index in [1.54, 1.807) is 29.4 Å². The van der Waals surface area contributed by atoms with Crippen LogP contribution in [0.5, 0.6) is 5.75 Å². The van der Waals surface area contributed by atoms with Crippen LogP contribution in [-0.4, -0.2) is 22.4 Å². The number of fused-ring (bicyclic) bond motifs is 2. The molecule has 190 valence electrons. The zero-order valence-electron chi connectivity index (χ0n) is 21.0. The molecule has 0 fully saturated rings. The predicted octanol–water partition coefficient (Wildman–Crippen LogP) is 6.85. The molecule has 37 heavy (non-hydrogen) atoms. The molecule has 0 spiro atoms. The number of pyridine rings is 1. The molecule has 5 rings (SSSR count). The fraction of sp³-hybridized carbons (Fsp3) is 0.300. The fourth-order valence-corrected chi connectivity index (χ4v) is 4.97.